The molecule has 11 heteroatoms. The van der Waals surface area contributed by atoms with Crippen LogP contribution in [0.1, 0.15) is 55.8 Å². The normalized spacial score (nSPS) is 17.4. The summed E-state index contributed by atoms with van der Waals surface area (Å²) in [4.78, 5) is 32.9. The van der Waals surface area contributed by atoms with Crippen LogP contribution in [0.15, 0.2) is 47.3 Å². The number of aryl methyl sites for hydroxylation is 1. The molecule has 1 saturated heterocycles. The zero-order valence-corrected chi connectivity index (χ0v) is 22.3. The molecule has 0 saturated carbocycles. The Hall–Kier alpha value is -4.12. The summed E-state index contributed by atoms with van der Waals surface area (Å²) in [7, 11) is 1.96. The third kappa shape index (κ3) is 4.67. The van der Waals surface area contributed by atoms with Crippen molar-refractivity contribution in [2.45, 2.75) is 45.1 Å². The van der Waals surface area contributed by atoms with Crippen LogP contribution in [0.3, 0.4) is 0 Å². The van der Waals surface area contributed by atoms with Crippen LogP contribution < -0.4 is 21.5 Å². The average Bonchev–Trinajstić information content (AvgIpc) is 3.45. The van der Waals surface area contributed by atoms with Gasteiger partial charge >= 0.3 is 0 Å². The number of aromatic nitrogens is 4. The number of hydrogen-bond donors (Lipinski definition) is 2. The Kier molecular flexibility index (Phi) is 6.71. The Morgan fingerprint density at radius 2 is 1.85 bits per heavy atom. The van der Waals surface area contributed by atoms with Crippen molar-refractivity contribution in [1.29, 1.82) is 0 Å². The van der Waals surface area contributed by atoms with Crippen molar-refractivity contribution in [3.05, 3.63) is 76.0 Å². The third-order valence-electron chi connectivity index (χ3n) is 7.41. The first-order chi connectivity index (χ1) is 18.5. The lowest BCUT2D eigenvalue weighted by Crippen LogP contribution is -2.42. The molecule has 1 fully saturated rings. The molecular formula is C28H31F2N7O2. The number of rotatable bonds is 6. The number of anilines is 2. The van der Waals surface area contributed by atoms with Gasteiger partial charge in [0.25, 0.3) is 11.5 Å². The third-order valence-corrected chi connectivity index (χ3v) is 7.41. The number of nitrogens with zero attached hydrogens (tertiary/aromatic N) is 5. The molecule has 0 radical (unpaired) electrons. The van der Waals surface area contributed by atoms with Crippen molar-refractivity contribution in [3.8, 4) is 5.69 Å². The van der Waals surface area contributed by atoms with E-state index in [2.05, 4.69) is 36.1 Å². The fourth-order valence-electron chi connectivity index (χ4n) is 5.15. The van der Waals surface area contributed by atoms with Crippen LogP contribution in [0.25, 0.3) is 16.7 Å². The minimum atomic E-state index is -0.971. The minimum Gasteiger partial charge on any atom is -0.366 e. The topological polar surface area (TPSA) is 111 Å². The smallest absolute Gasteiger partial charge is 0.276 e. The van der Waals surface area contributed by atoms with Crippen molar-refractivity contribution in [3.63, 3.8) is 0 Å². The highest BCUT2D eigenvalue weighted by molar-refractivity contribution is 6.08. The molecule has 39 heavy (non-hydrogen) atoms. The Bertz CT molecular complexity index is 1620. The highest BCUT2D eigenvalue weighted by Crippen LogP contribution is 2.39. The number of fused-ring (bicyclic) bond motifs is 1. The molecule has 0 aliphatic carbocycles. The molecule has 204 valence electrons. The van der Waals surface area contributed by atoms with Crippen molar-refractivity contribution < 1.29 is 13.6 Å². The second-order valence-electron chi connectivity index (χ2n) is 10.4. The molecule has 0 unspecified atom stereocenters. The van der Waals surface area contributed by atoms with Crippen molar-refractivity contribution in [2.75, 3.05) is 23.3 Å². The zero-order chi connectivity index (χ0) is 28.1. The van der Waals surface area contributed by atoms with Crippen LogP contribution in [-0.4, -0.2) is 43.9 Å². The summed E-state index contributed by atoms with van der Waals surface area (Å²) < 4.78 is 31.4. The Morgan fingerprint density at radius 3 is 2.49 bits per heavy atom. The van der Waals surface area contributed by atoms with Crippen LogP contribution in [0, 0.1) is 11.6 Å². The number of carbonyl (C=O) groups excluding carboxylic acids is 1. The van der Waals surface area contributed by atoms with Crippen LogP contribution in [0.2, 0.25) is 0 Å². The van der Waals surface area contributed by atoms with Gasteiger partial charge in [-0.3, -0.25) is 9.59 Å². The maximum absolute atomic E-state index is 14.4. The number of halogens is 2. The standard InChI is InChI=1S/C28H31F2N7O2/c1-5-28(31)13-14-36(15-28)25-19(9-11-21-23(25)33-26(16(2)3)35(21)4)32-27(39)20-10-12-22(38)37(34-20)24-17(29)7-6-8-18(24)30/h6-12,16H,5,13-15,31H2,1-4H3,(H,32,39)/t28-/m0/s1. The molecule has 2 aromatic heterocycles. The van der Waals surface area contributed by atoms with Gasteiger partial charge in [0.1, 0.15) is 22.7 Å². The predicted octanol–water partition coefficient (Wildman–Crippen LogP) is 4.09. The molecule has 0 bridgehead atoms. The number of amides is 1. The van der Waals surface area contributed by atoms with Gasteiger partial charge in [0.2, 0.25) is 0 Å². The van der Waals surface area contributed by atoms with Gasteiger partial charge in [0, 0.05) is 37.7 Å². The van der Waals surface area contributed by atoms with Crippen LogP contribution in [-0.2, 0) is 7.05 Å². The first kappa shape index (κ1) is 26.5. The van der Waals surface area contributed by atoms with E-state index in [1.54, 1.807) is 6.07 Å². The number of nitrogens with two attached hydrogens (primary N) is 1. The molecule has 1 aliphatic heterocycles. The molecule has 1 atom stereocenters. The van der Waals surface area contributed by atoms with Crippen molar-refractivity contribution >= 4 is 28.3 Å². The Morgan fingerprint density at radius 1 is 1.13 bits per heavy atom. The molecule has 5 rings (SSSR count). The monoisotopic (exact) mass is 535 g/mol. The Labute approximate surface area is 224 Å². The van der Waals surface area contributed by atoms with E-state index in [-0.39, 0.29) is 17.2 Å². The summed E-state index contributed by atoms with van der Waals surface area (Å²) in [6.07, 6.45) is 1.59. The zero-order valence-electron chi connectivity index (χ0n) is 22.3. The van der Waals surface area contributed by atoms with E-state index in [1.807, 2.05) is 17.7 Å². The lowest BCUT2D eigenvalue weighted by atomic mass is 9.97. The minimum absolute atomic E-state index is 0.181. The van der Waals surface area contributed by atoms with E-state index < -0.39 is 28.8 Å². The van der Waals surface area contributed by atoms with E-state index in [0.717, 1.165) is 53.6 Å². The van der Waals surface area contributed by atoms with Crippen LogP contribution >= 0.6 is 0 Å². The quantitative estimate of drug-likeness (QED) is 0.385. The summed E-state index contributed by atoms with van der Waals surface area (Å²) in [5.74, 6) is -1.50. The maximum Gasteiger partial charge on any atom is 0.276 e. The van der Waals surface area contributed by atoms with Gasteiger partial charge < -0.3 is 20.5 Å². The molecule has 3 heterocycles. The lowest BCUT2D eigenvalue weighted by Gasteiger charge is -2.26. The van der Waals surface area contributed by atoms with Gasteiger partial charge in [-0.2, -0.15) is 9.78 Å². The number of imidazole rings is 1. The van der Waals surface area contributed by atoms with E-state index in [9.17, 15) is 18.4 Å². The number of para-hydroxylation sites is 1. The van der Waals surface area contributed by atoms with E-state index in [0.29, 0.717) is 23.5 Å². The first-order valence-electron chi connectivity index (χ1n) is 12.9. The second-order valence-corrected chi connectivity index (χ2v) is 10.4. The van der Waals surface area contributed by atoms with E-state index >= 15 is 0 Å². The van der Waals surface area contributed by atoms with Crippen LogP contribution in [0.4, 0.5) is 20.2 Å². The summed E-state index contributed by atoms with van der Waals surface area (Å²) >= 11 is 0. The molecule has 0 spiro atoms. The van der Waals surface area contributed by atoms with E-state index in [1.165, 1.54) is 12.1 Å². The van der Waals surface area contributed by atoms with Gasteiger partial charge in [0.05, 0.1) is 16.9 Å². The fourth-order valence-corrected chi connectivity index (χ4v) is 5.15. The van der Waals surface area contributed by atoms with Crippen molar-refractivity contribution in [2.24, 2.45) is 12.8 Å². The molecule has 1 aliphatic rings. The lowest BCUT2D eigenvalue weighted by molar-refractivity contribution is 0.102. The summed E-state index contributed by atoms with van der Waals surface area (Å²) in [6, 6.07) is 9.18. The largest absolute Gasteiger partial charge is 0.366 e. The number of carbonyl (C=O) groups is 1. The second kappa shape index (κ2) is 9.88. The van der Waals surface area contributed by atoms with Gasteiger partial charge in [-0.25, -0.2) is 13.8 Å². The highest BCUT2D eigenvalue weighted by Gasteiger charge is 2.35. The summed E-state index contributed by atoms with van der Waals surface area (Å²) in [5, 5.41) is 6.88. The SMILES string of the molecule is CC[C@]1(N)CCN(c2c(NC(=O)c3ccc(=O)n(-c4c(F)cccc4F)n3)ccc3c2nc(C(C)C)n3C)C1. The summed E-state index contributed by atoms with van der Waals surface area (Å²) in [6.45, 7) is 7.48. The number of nitrogens with one attached hydrogen (secondary N) is 1. The first-order valence-corrected chi connectivity index (χ1v) is 12.9. The molecule has 4 aromatic rings. The average molecular weight is 536 g/mol. The summed E-state index contributed by atoms with van der Waals surface area (Å²) in [5.41, 5.74) is 7.54. The number of benzene rings is 2. The fraction of sp³-hybridized carbons (Fsp3) is 0.357. The molecule has 9 nitrogen and oxygen atoms in total. The molecule has 2 aromatic carbocycles. The number of hydrogen-bond acceptors (Lipinski definition) is 6. The van der Waals surface area contributed by atoms with Gasteiger partial charge in [-0.05, 0) is 43.2 Å². The maximum atomic E-state index is 14.4. The van der Waals surface area contributed by atoms with E-state index in [4.69, 9.17) is 10.7 Å². The van der Waals surface area contributed by atoms with Gasteiger partial charge in [-0.15, -0.1) is 0 Å². The predicted molar refractivity (Wildman–Crippen MR) is 147 cm³/mol. The van der Waals surface area contributed by atoms with Gasteiger partial charge in [-0.1, -0.05) is 26.8 Å². The van der Waals surface area contributed by atoms with Crippen molar-refractivity contribution in [1.82, 2.24) is 19.3 Å². The molecule has 1 amide bonds. The molecule has 3 N–H and O–H groups in total. The Balaban J connectivity index is 1.58. The highest BCUT2D eigenvalue weighted by atomic mass is 19.1. The van der Waals surface area contributed by atoms with Crippen LogP contribution in [0.5, 0.6) is 0 Å². The van der Waals surface area contributed by atoms with Gasteiger partial charge in [0.15, 0.2) is 11.6 Å². The molecular weight excluding hydrogens is 504 g/mol.